The van der Waals surface area contributed by atoms with Gasteiger partial charge >= 0.3 is 37.7 Å². The van der Waals surface area contributed by atoms with Crippen LogP contribution in [0, 0.1) is 0 Å². The molecule has 0 saturated carbocycles. The molecule has 0 N–H and O–H groups in total. The van der Waals surface area contributed by atoms with Crippen molar-refractivity contribution >= 4 is 50.1 Å². The van der Waals surface area contributed by atoms with Crippen LogP contribution >= 0.6 is 12.4 Å². The molecule has 0 aromatic rings. The summed E-state index contributed by atoms with van der Waals surface area (Å²) in [6.07, 6.45) is 20.4. The van der Waals surface area contributed by atoms with Crippen molar-refractivity contribution in [2.24, 2.45) is 0 Å². The summed E-state index contributed by atoms with van der Waals surface area (Å²) < 4.78 is 1.12. The Morgan fingerprint density at radius 1 is 0.500 bits per heavy atom. The van der Waals surface area contributed by atoms with E-state index < -0.39 is 0 Å². The van der Waals surface area contributed by atoms with Crippen LogP contribution in [0.25, 0.3) is 0 Å². The average Bonchev–Trinajstić information content (AvgIpc) is 2.38. The third-order valence-electron chi connectivity index (χ3n) is 4.18. The van der Waals surface area contributed by atoms with Crippen LogP contribution in [0.3, 0.4) is 0 Å². The number of hydrogen-bond acceptors (Lipinski definition) is 0. The molecule has 0 aromatic carbocycles. The molecular weight excluding hydrogens is 318 g/mol. The van der Waals surface area contributed by atoms with Crippen LogP contribution in [0.15, 0.2) is 0 Å². The number of nitrogens with zero attached hydrogens (tertiary/aromatic N) is 1. The Kier molecular flexibility index (Phi) is 26.5. The fraction of sp³-hybridized carbons (Fsp3) is 1.00. The zero-order valence-corrected chi connectivity index (χ0v) is 16.3. The van der Waals surface area contributed by atoms with E-state index in [1.54, 1.807) is 0 Å². The molecular formula is C19H45CaClN+. The van der Waals surface area contributed by atoms with Gasteiger partial charge < -0.3 is 4.48 Å². The van der Waals surface area contributed by atoms with E-state index in [4.69, 9.17) is 0 Å². The summed E-state index contributed by atoms with van der Waals surface area (Å²) in [6.45, 7) is 3.63. The molecule has 0 fully saturated rings. The number of hydrogen-bond donors (Lipinski definition) is 0. The van der Waals surface area contributed by atoms with Gasteiger partial charge in [-0.1, -0.05) is 84.0 Å². The third-order valence-corrected chi connectivity index (χ3v) is 4.18. The van der Waals surface area contributed by atoms with Gasteiger partial charge in [0.1, 0.15) is 0 Å². The number of rotatable bonds is 15. The van der Waals surface area contributed by atoms with E-state index in [-0.39, 0.29) is 50.1 Å². The Labute approximate surface area is 178 Å². The molecule has 0 heterocycles. The van der Waals surface area contributed by atoms with Gasteiger partial charge in [0.2, 0.25) is 0 Å². The molecule has 3 heteroatoms. The first-order chi connectivity index (χ1) is 9.56. The Morgan fingerprint density at radius 2 is 0.773 bits per heavy atom. The van der Waals surface area contributed by atoms with Crippen LogP contribution in [0.5, 0.6) is 0 Å². The summed E-state index contributed by atoms with van der Waals surface area (Å²) in [5.74, 6) is 0. The molecule has 1 nitrogen and oxygen atoms in total. The maximum absolute atomic E-state index is 2.29. The molecule has 0 aromatic heterocycles. The standard InChI is InChI=1S/C19H42N.Ca.ClH.2H/c1-5-6-7-8-9-10-11-12-13-14-15-16-17-18-19-20(2,3)4;;;;/h5-19H2,1-4H3;;1H;;/q+1;;;;. The maximum atomic E-state index is 2.29. The van der Waals surface area contributed by atoms with Gasteiger partial charge in [0.25, 0.3) is 0 Å². The van der Waals surface area contributed by atoms with E-state index in [2.05, 4.69) is 28.1 Å². The van der Waals surface area contributed by atoms with Gasteiger partial charge in [-0.25, -0.2) is 0 Å². The van der Waals surface area contributed by atoms with Crippen molar-refractivity contribution in [1.29, 1.82) is 0 Å². The van der Waals surface area contributed by atoms with Gasteiger partial charge in [-0.05, 0) is 12.8 Å². The predicted octanol–water partition coefficient (Wildman–Crippen LogP) is 5.68. The second-order valence-corrected chi connectivity index (χ2v) is 7.61. The number of quaternary nitrogens is 1. The fourth-order valence-electron chi connectivity index (χ4n) is 2.78. The summed E-state index contributed by atoms with van der Waals surface area (Å²) in [5, 5.41) is 0. The minimum atomic E-state index is 0. The van der Waals surface area contributed by atoms with Crippen molar-refractivity contribution in [3.8, 4) is 0 Å². The molecule has 0 saturated heterocycles. The van der Waals surface area contributed by atoms with E-state index in [0.29, 0.717) is 0 Å². The first-order valence-electron chi connectivity index (χ1n) is 9.36. The van der Waals surface area contributed by atoms with Gasteiger partial charge in [0, 0.05) is 0 Å². The second-order valence-electron chi connectivity index (χ2n) is 7.61. The molecule has 0 amide bonds. The van der Waals surface area contributed by atoms with Crippen molar-refractivity contribution in [3.05, 3.63) is 0 Å². The minimum absolute atomic E-state index is 0. The van der Waals surface area contributed by atoms with Crippen LogP contribution < -0.4 is 0 Å². The Hall–Kier alpha value is 1.51. The molecule has 0 radical (unpaired) electrons. The number of unbranched alkanes of at least 4 members (excludes halogenated alkanes) is 13. The Balaban J connectivity index is -0.00000180. The van der Waals surface area contributed by atoms with Gasteiger partial charge in [-0.3, -0.25) is 0 Å². The van der Waals surface area contributed by atoms with E-state index in [1.165, 1.54) is 96.4 Å². The molecule has 134 valence electrons. The molecule has 0 rings (SSSR count). The monoisotopic (exact) mass is 362 g/mol. The van der Waals surface area contributed by atoms with E-state index in [0.717, 1.165) is 4.48 Å². The molecule has 0 aliphatic heterocycles. The van der Waals surface area contributed by atoms with E-state index in [1.807, 2.05) is 0 Å². The van der Waals surface area contributed by atoms with Gasteiger partial charge in [-0.15, -0.1) is 12.4 Å². The van der Waals surface area contributed by atoms with Crippen LogP contribution in [0.4, 0.5) is 0 Å². The van der Waals surface area contributed by atoms with E-state index >= 15 is 0 Å². The molecule has 0 unspecified atom stereocenters. The zero-order valence-electron chi connectivity index (χ0n) is 15.5. The molecule has 0 atom stereocenters. The van der Waals surface area contributed by atoms with Crippen molar-refractivity contribution < 1.29 is 4.48 Å². The normalized spacial score (nSPS) is 10.9. The van der Waals surface area contributed by atoms with Crippen LogP contribution in [0.1, 0.15) is 96.8 Å². The first kappa shape index (κ1) is 28.3. The van der Waals surface area contributed by atoms with Gasteiger partial charge in [0.15, 0.2) is 0 Å². The summed E-state index contributed by atoms with van der Waals surface area (Å²) in [6, 6.07) is 0. The SMILES string of the molecule is CCCCCCCCCCCCCCCC[N+](C)(C)C.Cl.[CaH2]. The van der Waals surface area contributed by atoms with Crippen LogP contribution in [-0.2, 0) is 0 Å². The first-order valence-corrected chi connectivity index (χ1v) is 9.36. The predicted molar refractivity (Wildman–Crippen MR) is 109 cm³/mol. The quantitative estimate of drug-likeness (QED) is 0.200. The van der Waals surface area contributed by atoms with Crippen molar-refractivity contribution in [3.63, 3.8) is 0 Å². The van der Waals surface area contributed by atoms with Crippen LogP contribution in [-0.4, -0.2) is 69.9 Å². The van der Waals surface area contributed by atoms with Crippen molar-refractivity contribution in [1.82, 2.24) is 0 Å². The summed E-state index contributed by atoms with van der Waals surface area (Å²) in [7, 11) is 6.88. The average molecular weight is 363 g/mol. The Bertz CT molecular complexity index is 192. The van der Waals surface area contributed by atoms with Crippen molar-refractivity contribution in [2.75, 3.05) is 27.7 Å². The molecule has 22 heavy (non-hydrogen) atoms. The third kappa shape index (κ3) is 26.4. The number of halogens is 1. The fourth-order valence-corrected chi connectivity index (χ4v) is 2.78. The molecule has 0 aliphatic rings. The Morgan fingerprint density at radius 3 is 1.05 bits per heavy atom. The summed E-state index contributed by atoms with van der Waals surface area (Å²) in [4.78, 5) is 0. The van der Waals surface area contributed by atoms with Crippen LogP contribution in [0.2, 0.25) is 0 Å². The van der Waals surface area contributed by atoms with Gasteiger partial charge in [0.05, 0.1) is 27.7 Å². The second kappa shape index (κ2) is 20.6. The zero-order chi connectivity index (χ0) is 15.1. The summed E-state index contributed by atoms with van der Waals surface area (Å²) in [5.41, 5.74) is 0. The molecule has 0 bridgehead atoms. The molecule has 0 aliphatic carbocycles. The van der Waals surface area contributed by atoms with Gasteiger partial charge in [-0.2, -0.15) is 0 Å². The summed E-state index contributed by atoms with van der Waals surface area (Å²) >= 11 is 0. The van der Waals surface area contributed by atoms with Crippen molar-refractivity contribution in [2.45, 2.75) is 96.8 Å². The topological polar surface area (TPSA) is 0 Å². The van der Waals surface area contributed by atoms with E-state index in [9.17, 15) is 0 Å². The molecule has 0 spiro atoms.